The van der Waals surface area contributed by atoms with Crippen molar-refractivity contribution in [3.63, 3.8) is 0 Å². The Morgan fingerprint density at radius 3 is 2.39 bits per heavy atom. The minimum atomic E-state index is -4.50. The monoisotopic (exact) mass is 393 g/mol. The predicted octanol–water partition coefficient (Wildman–Crippen LogP) is 4.06. The van der Waals surface area contributed by atoms with Crippen LogP contribution in [0.25, 0.3) is 0 Å². The summed E-state index contributed by atoms with van der Waals surface area (Å²) in [6.45, 7) is 3.69. The van der Waals surface area contributed by atoms with Crippen molar-refractivity contribution in [3.8, 4) is 5.75 Å². The number of carbonyl (C=O) groups is 1. The van der Waals surface area contributed by atoms with Gasteiger partial charge < -0.3 is 9.64 Å². The standard InChI is InChI=1S/C20H22F3N3O2/c1-25-7-9-26(10-8-25)14-15-11-16(20(21,22)23)13-17(12-15)24-19(27)28-18-5-3-2-4-6-18/h2-6,11-13H,7-10,14H2,1H3,(H,24,27). The summed E-state index contributed by atoms with van der Waals surface area (Å²) in [5.41, 5.74) is -0.247. The number of nitrogens with zero attached hydrogens (tertiary/aromatic N) is 2. The van der Waals surface area contributed by atoms with Crippen molar-refractivity contribution in [3.05, 3.63) is 59.7 Å². The zero-order chi connectivity index (χ0) is 20.1. The number of anilines is 1. The van der Waals surface area contributed by atoms with Crippen LogP contribution in [0.3, 0.4) is 0 Å². The molecule has 1 N–H and O–H groups in total. The Bertz CT molecular complexity index is 804. The van der Waals surface area contributed by atoms with Gasteiger partial charge in [0, 0.05) is 38.4 Å². The van der Waals surface area contributed by atoms with E-state index in [1.807, 2.05) is 7.05 Å². The second kappa shape index (κ2) is 8.62. The molecule has 0 aromatic heterocycles. The Labute approximate surface area is 161 Å². The van der Waals surface area contributed by atoms with Gasteiger partial charge in [-0.1, -0.05) is 18.2 Å². The van der Waals surface area contributed by atoms with Gasteiger partial charge in [-0.2, -0.15) is 13.2 Å². The molecule has 150 valence electrons. The first kappa shape index (κ1) is 20.2. The molecule has 0 bridgehead atoms. The fourth-order valence-corrected chi connectivity index (χ4v) is 3.02. The lowest BCUT2D eigenvalue weighted by molar-refractivity contribution is -0.137. The van der Waals surface area contributed by atoms with E-state index in [0.29, 0.717) is 17.9 Å². The molecular weight excluding hydrogens is 371 g/mol. The number of rotatable bonds is 4. The van der Waals surface area contributed by atoms with Gasteiger partial charge in [-0.25, -0.2) is 4.79 Å². The van der Waals surface area contributed by atoms with E-state index < -0.39 is 17.8 Å². The van der Waals surface area contributed by atoms with Gasteiger partial charge in [0.15, 0.2) is 0 Å². The van der Waals surface area contributed by atoms with Crippen molar-refractivity contribution >= 4 is 11.8 Å². The van der Waals surface area contributed by atoms with Crippen LogP contribution in [-0.2, 0) is 12.7 Å². The predicted molar refractivity (Wildman–Crippen MR) is 100 cm³/mol. The molecule has 1 heterocycles. The number of likely N-dealkylation sites (N-methyl/N-ethyl adjacent to an activating group) is 1. The first-order valence-corrected chi connectivity index (χ1v) is 8.95. The summed E-state index contributed by atoms with van der Waals surface area (Å²) in [5.74, 6) is 0.310. The number of halogens is 3. The van der Waals surface area contributed by atoms with E-state index >= 15 is 0 Å². The van der Waals surface area contributed by atoms with Gasteiger partial charge in [0.25, 0.3) is 0 Å². The topological polar surface area (TPSA) is 44.8 Å². The summed E-state index contributed by atoms with van der Waals surface area (Å²) in [4.78, 5) is 16.3. The van der Waals surface area contributed by atoms with Crippen molar-refractivity contribution in [1.82, 2.24) is 9.80 Å². The minimum absolute atomic E-state index is 0.0554. The van der Waals surface area contributed by atoms with Gasteiger partial charge in [-0.3, -0.25) is 10.2 Å². The molecule has 2 aromatic rings. The number of ether oxygens (including phenoxy) is 1. The number of hydrogen-bond donors (Lipinski definition) is 1. The van der Waals surface area contributed by atoms with Gasteiger partial charge in [-0.15, -0.1) is 0 Å². The third-order valence-electron chi connectivity index (χ3n) is 4.52. The molecule has 1 saturated heterocycles. The van der Waals surface area contributed by atoms with Crippen LogP contribution in [0.15, 0.2) is 48.5 Å². The van der Waals surface area contributed by atoms with Crippen molar-refractivity contribution in [2.24, 2.45) is 0 Å². The molecule has 0 saturated carbocycles. The van der Waals surface area contributed by atoms with Crippen molar-refractivity contribution in [2.75, 3.05) is 38.5 Å². The van der Waals surface area contributed by atoms with E-state index in [1.54, 1.807) is 36.4 Å². The number of hydrogen-bond acceptors (Lipinski definition) is 4. The molecule has 0 radical (unpaired) electrons. The summed E-state index contributed by atoms with van der Waals surface area (Å²) in [6.07, 6.45) is -5.34. The molecule has 0 aliphatic carbocycles. The lowest BCUT2D eigenvalue weighted by Gasteiger charge is -2.32. The molecule has 1 aliphatic heterocycles. The van der Waals surface area contributed by atoms with E-state index in [9.17, 15) is 18.0 Å². The van der Waals surface area contributed by atoms with Crippen molar-refractivity contribution in [1.29, 1.82) is 0 Å². The smallest absolute Gasteiger partial charge is 0.410 e. The van der Waals surface area contributed by atoms with Crippen molar-refractivity contribution < 1.29 is 22.7 Å². The van der Waals surface area contributed by atoms with Gasteiger partial charge >= 0.3 is 12.3 Å². The fourth-order valence-electron chi connectivity index (χ4n) is 3.02. The number of benzene rings is 2. The summed E-state index contributed by atoms with van der Waals surface area (Å²) >= 11 is 0. The molecule has 0 spiro atoms. The molecule has 1 aliphatic rings. The Morgan fingerprint density at radius 1 is 1.07 bits per heavy atom. The largest absolute Gasteiger partial charge is 0.417 e. The highest BCUT2D eigenvalue weighted by molar-refractivity contribution is 5.86. The summed E-state index contributed by atoms with van der Waals surface area (Å²) < 4.78 is 45.0. The fraction of sp³-hybridized carbons (Fsp3) is 0.350. The van der Waals surface area contributed by atoms with Gasteiger partial charge in [0.05, 0.1) is 5.56 Å². The van der Waals surface area contributed by atoms with E-state index in [0.717, 1.165) is 38.3 Å². The first-order chi connectivity index (χ1) is 13.3. The lowest BCUT2D eigenvalue weighted by atomic mass is 10.1. The van der Waals surface area contributed by atoms with Crippen LogP contribution < -0.4 is 10.1 Å². The van der Waals surface area contributed by atoms with Gasteiger partial charge in [0.2, 0.25) is 0 Å². The van der Waals surface area contributed by atoms with Crippen LogP contribution in [0, 0.1) is 0 Å². The van der Waals surface area contributed by atoms with E-state index in [2.05, 4.69) is 15.1 Å². The van der Waals surface area contributed by atoms with Crippen molar-refractivity contribution in [2.45, 2.75) is 12.7 Å². The minimum Gasteiger partial charge on any atom is -0.410 e. The Hall–Kier alpha value is -2.58. The molecule has 1 fully saturated rings. The molecule has 0 atom stereocenters. The van der Waals surface area contributed by atoms with Crippen LogP contribution in [0.1, 0.15) is 11.1 Å². The maximum Gasteiger partial charge on any atom is 0.417 e. The number of para-hydroxylation sites is 1. The summed E-state index contributed by atoms with van der Waals surface area (Å²) in [5, 5.41) is 2.40. The molecule has 28 heavy (non-hydrogen) atoms. The molecule has 3 rings (SSSR count). The average Bonchev–Trinajstić information content (AvgIpc) is 2.63. The number of alkyl halides is 3. The number of amides is 1. The summed E-state index contributed by atoms with van der Waals surface area (Å²) in [6, 6.07) is 11.9. The quantitative estimate of drug-likeness (QED) is 0.851. The SMILES string of the molecule is CN1CCN(Cc2cc(NC(=O)Oc3ccccc3)cc(C(F)(F)F)c2)CC1. The van der Waals surface area contributed by atoms with Crippen LogP contribution in [0.4, 0.5) is 23.7 Å². The third kappa shape index (κ3) is 5.71. The first-order valence-electron chi connectivity index (χ1n) is 8.95. The van der Waals surface area contributed by atoms with Crippen LogP contribution in [-0.4, -0.2) is 49.1 Å². The second-order valence-electron chi connectivity index (χ2n) is 6.82. The highest BCUT2D eigenvalue weighted by Crippen LogP contribution is 2.32. The number of carbonyl (C=O) groups excluding carboxylic acids is 1. The number of nitrogens with one attached hydrogen (secondary N) is 1. The highest BCUT2D eigenvalue weighted by atomic mass is 19.4. The van der Waals surface area contributed by atoms with Gasteiger partial charge in [0.1, 0.15) is 5.75 Å². The van der Waals surface area contributed by atoms with E-state index in [-0.39, 0.29) is 5.69 Å². The van der Waals surface area contributed by atoms with Crippen LogP contribution in [0.5, 0.6) is 5.75 Å². The Morgan fingerprint density at radius 2 is 1.75 bits per heavy atom. The second-order valence-corrected chi connectivity index (χ2v) is 6.82. The maximum absolute atomic E-state index is 13.3. The van der Waals surface area contributed by atoms with E-state index in [1.165, 1.54) is 0 Å². The highest BCUT2D eigenvalue weighted by Gasteiger charge is 2.31. The molecule has 8 heteroatoms. The Balaban J connectivity index is 1.74. The summed E-state index contributed by atoms with van der Waals surface area (Å²) in [7, 11) is 2.02. The van der Waals surface area contributed by atoms with Crippen LogP contribution in [0.2, 0.25) is 0 Å². The Kier molecular flexibility index (Phi) is 6.21. The molecular formula is C20H22F3N3O2. The van der Waals surface area contributed by atoms with Gasteiger partial charge in [-0.05, 0) is 42.9 Å². The molecule has 0 unspecified atom stereocenters. The zero-order valence-electron chi connectivity index (χ0n) is 15.5. The zero-order valence-corrected chi connectivity index (χ0v) is 15.5. The molecule has 5 nitrogen and oxygen atoms in total. The van der Waals surface area contributed by atoms with Crippen LogP contribution >= 0.6 is 0 Å². The normalized spacial score (nSPS) is 16.0. The number of piperazine rings is 1. The average molecular weight is 393 g/mol. The van der Waals surface area contributed by atoms with E-state index in [4.69, 9.17) is 4.74 Å². The molecule has 1 amide bonds. The lowest BCUT2D eigenvalue weighted by Crippen LogP contribution is -2.43. The maximum atomic E-state index is 13.3. The third-order valence-corrected chi connectivity index (χ3v) is 4.52. The molecule has 2 aromatic carbocycles.